The minimum Gasteiger partial charge on any atom is -0.480 e. The van der Waals surface area contributed by atoms with E-state index in [1.165, 1.54) is 4.42 Å². The summed E-state index contributed by atoms with van der Waals surface area (Å²) in [5.41, 5.74) is 0. The Morgan fingerprint density at radius 2 is 2.27 bits per heavy atom. The summed E-state index contributed by atoms with van der Waals surface area (Å²) in [5, 5.41) is 8.67. The molecule has 1 saturated heterocycles. The molecule has 1 aliphatic heterocycles. The lowest BCUT2D eigenvalue weighted by Crippen LogP contribution is -2.41. The smallest absolute Gasteiger partial charge is 0.322 e. The summed E-state index contributed by atoms with van der Waals surface area (Å²) in [6.45, 7) is 2.76. The summed E-state index contributed by atoms with van der Waals surface area (Å²) in [5.74, 6) is -0.296. The second-order valence-electron chi connectivity index (χ2n) is 3.12. The van der Waals surface area contributed by atoms with Crippen LogP contribution in [0.5, 0.6) is 0 Å². The first-order chi connectivity index (χ1) is 5.11. The third-order valence-corrected chi connectivity index (χ3v) is 2.42. The third kappa shape index (κ3) is 2.07. The summed E-state index contributed by atoms with van der Waals surface area (Å²) in [6, 6.07) is -0.479. The number of rotatable bonds is 1. The van der Waals surface area contributed by atoms with Crippen molar-refractivity contribution in [1.29, 1.82) is 0 Å². The van der Waals surface area contributed by atoms with Gasteiger partial charge in [-0.2, -0.15) is 0 Å². The molecule has 1 rings (SSSR count). The molecule has 1 N–H and O–H groups in total. The number of nitrogens with zero attached hydrogens (tertiary/aromatic N) is 1. The second-order valence-corrected chi connectivity index (χ2v) is 3.55. The van der Waals surface area contributed by atoms with Gasteiger partial charge in [0, 0.05) is 6.54 Å². The van der Waals surface area contributed by atoms with Gasteiger partial charge >= 0.3 is 5.97 Å². The fourth-order valence-corrected chi connectivity index (χ4v) is 1.76. The maximum absolute atomic E-state index is 10.5. The van der Waals surface area contributed by atoms with E-state index >= 15 is 0 Å². The van der Waals surface area contributed by atoms with Gasteiger partial charge in [-0.1, -0.05) is 6.92 Å². The maximum atomic E-state index is 10.5. The molecule has 0 aromatic rings. The van der Waals surface area contributed by atoms with E-state index in [4.69, 9.17) is 16.9 Å². The number of hydrogen-bond donors (Lipinski definition) is 1. The quantitative estimate of drug-likeness (QED) is 0.615. The van der Waals surface area contributed by atoms with Crippen LogP contribution in [0.3, 0.4) is 0 Å². The Labute approximate surface area is 71.1 Å². The lowest BCUT2D eigenvalue weighted by molar-refractivity contribution is -0.142. The zero-order chi connectivity index (χ0) is 8.43. The Morgan fingerprint density at radius 1 is 1.64 bits per heavy atom. The summed E-state index contributed by atoms with van der Waals surface area (Å²) >= 11 is 5.73. The van der Waals surface area contributed by atoms with Crippen molar-refractivity contribution in [2.45, 2.75) is 25.8 Å². The zero-order valence-corrected chi connectivity index (χ0v) is 7.21. The highest BCUT2D eigenvalue weighted by atomic mass is 35.5. The Balaban J connectivity index is 2.50. The number of carboxylic acid groups (broad SMARTS) is 1. The number of aliphatic carboxylic acids is 1. The van der Waals surface area contributed by atoms with Gasteiger partial charge in [-0.15, -0.1) is 0 Å². The number of carbonyl (C=O) groups is 1. The predicted octanol–water partition coefficient (Wildman–Crippen LogP) is 1.33. The minimum absolute atomic E-state index is 0.479. The summed E-state index contributed by atoms with van der Waals surface area (Å²) in [6.07, 6.45) is 1.63. The molecule has 64 valence electrons. The average Bonchev–Trinajstić information content (AvgIpc) is 1.85. The van der Waals surface area contributed by atoms with E-state index in [0.717, 1.165) is 6.42 Å². The molecule has 1 fully saturated rings. The molecule has 11 heavy (non-hydrogen) atoms. The highest BCUT2D eigenvalue weighted by Crippen LogP contribution is 2.22. The molecule has 0 bridgehead atoms. The SMILES string of the molecule is C[C@H]1CC[C@@H](C(=O)O)N(Cl)C1. The molecule has 1 aliphatic rings. The molecule has 0 spiro atoms. The van der Waals surface area contributed by atoms with E-state index < -0.39 is 12.0 Å². The van der Waals surface area contributed by atoms with E-state index in [0.29, 0.717) is 18.9 Å². The van der Waals surface area contributed by atoms with Crippen LogP contribution in [0.4, 0.5) is 0 Å². The molecule has 2 atom stereocenters. The number of carboxylic acids is 1. The predicted molar refractivity (Wildman–Crippen MR) is 42.4 cm³/mol. The van der Waals surface area contributed by atoms with Gasteiger partial charge < -0.3 is 5.11 Å². The highest BCUT2D eigenvalue weighted by Gasteiger charge is 2.29. The summed E-state index contributed by atoms with van der Waals surface area (Å²) in [7, 11) is 0. The van der Waals surface area contributed by atoms with Crippen LogP contribution < -0.4 is 0 Å². The van der Waals surface area contributed by atoms with E-state index in [1.807, 2.05) is 0 Å². The molecule has 3 nitrogen and oxygen atoms in total. The van der Waals surface area contributed by atoms with Gasteiger partial charge in [-0.05, 0) is 30.5 Å². The van der Waals surface area contributed by atoms with Crippen molar-refractivity contribution in [2.24, 2.45) is 5.92 Å². The maximum Gasteiger partial charge on any atom is 0.322 e. The van der Waals surface area contributed by atoms with Crippen LogP contribution in [0.25, 0.3) is 0 Å². The molecule has 0 aromatic carbocycles. The van der Waals surface area contributed by atoms with Gasteiger partial charge in [-0.25, -0.2) is 4.42 Å². The van der Waals surface area contributed by atoms with Gasteiger partial charge in [0.1, 0.15) is 6.04 Å². The van der Waals surface area contributed by atoms with Crippen LogP contribution in [0, 0.1) is 5.92 Å². The highest BCUT2D eigenvalue weighted by molar-refractivity contribution is 6.14. The van der Waals surface area contributed by atoms with Crippen molar-refractivity contribution < 1.29 is 9.90 Å². The molecule has 0 radical (unpaired) electrons. The van der Waals surface area contributed by atoms with Crippen LogP contribution in [-0.2, 0) is 4.79 Å². The molecule has 1 heterocycles. The Hall–Kier alpha value is -0.280. The normalized spacial score (nSPS) is 33.6. The topological polar surface area (TPSA) is 40.5 Å². The summed E-state index contributed by atoms with van der Waals surface area (Å²) in [4.78, 5) is 10.5. The van der Waals surface area contributed by atoms with E-state index in [9.17, 15) is 4.79 Å². The van der Waals surface area contributed by atoms with Crippen LogP contribution >= 0.6 is 11.8 Å². The van der Waals surface area contributed by atoms with Crippen LogP contribution in [0.15, 0.2) is 0 Å². The van der Waals surface area contributed by atoms with Crippen LogP contribution in [-0.4, -0.2) is 28.1 Å². The Morgan fingerprint density at radius 3 is 2.73 bits per heavy atom. The van der Waals surface area contributed by atoms with Gasteiger partial charge in [0.15, 0.2) is 0 Å². The molecule has 0 aromatic heterocycles. The average molecular weight is 178 g/mol. The summed E-state index contributed by atoms with van der Waals surface area (Å²) < 4.78 is 1.40. The molecule has 0 aliphatic carbocycles. The van der Waals surface area contributed by atoms with Gasteiger partial charge in [0.25, 0.3) is 0 Å². The lowest BCUT2D eigenvalue weighted by Gasteiger charge is -2.30. The fourth-order valence-electron chi connectivity index (χ4n) is 1.34. The minimum atomic E-state index is -0.813. The number of piperidine rings is 1. The number of halogens is 1. The van der Waals surface area contributed by atoms with E-state index in [-0.39, 0.29) is 0 Å². The lowest BCUT2D eigenvalue weighted by atomic mass is 9.96. The van der Waals surface area contributed by atoms with Crippen LogP contribution in [0.1, 0.15) is 19.8 Å². The van der Waals surface area contributed by atoms with Gasteiger partial charge in [0.2, 0.25) is 0 Å². The second kappa shape index (κ2) is 3.41. The van der Waals surface area contributed by atoms with Gasteiger partial charge in [-0.3, -0.25) is 4.79 Å². The monoisotopic (exact) mass is 177 g/mol. The van der Waals surface area contributed by atoms with E-state index in [2.05, 4.69) is 6.92 Å². The zero-order valence-electron chi connectivity index (χ0n) is 6.46. The molecule has 0 amide bonds. The molecule has 0 unspecified atom stereocenters. The van der Waals surface area contributed by atoms with Crippen molar-refractivity contribution in [3.05, 3.63) is 0 Å². The third-order valence-electron chi connectivity index (χ3n) is 2.04. The standard InChI is InChI=1S/C7H12ClNO2/c1-5-2-3-6(7(10)11)9(8)4-5/h5-6H,2-4H2,1H3,(H,10,11)/t5-,6-/m0/s1. The van der Waals surface area contributed by atoms with Gasteiger partial charge in [0.05, 0.1) is 0 Å². The Kier molecular flexibility index (Phi) is 2.73. The molecule has 0 saturated carbocycles. The first kappa shape index (κ1) is 8.81. The van der Waals surface area contributed by atoms with E-state index in [1.54, 1.807) is 0 Å². The van der Waals surface area contributed by atoms with Crippen LogP contribution in [0.2, 0.25) is 0 Å². The van der Waals surface area contributed by atoms with Crippen molar-refractivity contribution in [3.63, 3.8) is 0 Å². The van der Waals surface area contributed by atoms with Crippen molar-refractivity contribution in [1.82, 2.24) is 4.42 Å². The molecular formula is C7H12ClNO2. The first-order valence-corrected chi connectivity index (χ1v) is 4.10. The first-order valence-electron chi connectivity index (χ1n) is 3.76. The van der Waals surface area contributed by atoms with Crippen molar-refractivity contribution in [3.8, 4) is 0 Å². The molecular weight excluding hydrogens is 166 g/mol. The largest absolute Gasteiger partial charge is 0.480 e. The Bertz CT molecular complexity index is 163. The van der Waals surface area contributed by atoms with Crippen molar-refractivity contribution >= 4 is 17.7 Å². The molecule has 4 heteroatoms. The fraction of sp³-hybridized carbons (Fsp3) is 0.857. The number of hydrogen-bond acceptors (Lipinski definition) is 2. The van der Waals surface area contributed by atoms with Crippen molar-refractivity contribution in [2.75, 3.05) is 6.54 Å².